The first-order valence-electron chi connectivity index (χ1n) is 9.28. The molecule has 0 unspecified atom stereocenters. The highest BCUT2D eigenvalue weighted by atomic mass is 35.5. The monoisotopic (exact) mass is 439 g/mol. The molecule has 0 spiro atoms. The molecule has 0 aliphatic heterocycles. The maximum absolute atomic E-state index is 6.46. The molecule has 3 N–H and O–H groups in total. The maximum Gasteiger partial charge on any atom is 0.157 e. The molecule has 30 heavy (non-hydrogen) atoms. The van der Waals surface area contributed by atoms with Crippen molar-refractivity contribution in [1.82, 2.24) is 15.0 Å². The molecule has 0 atom stereocenters. The van der Waals surface area contributed by atoms with Crippen molar-refractivity contribution in [2.45, 2.75) is 20.1 Å². The second-order valence-electron chi connectivity index (χ2n) is 6.71. The molecular weight excluding hydrogens is 421 g/mol. The van der Waals surface area contributed by atoms with Gasteiger partial charge in [-0.2, -0.15) is 0 Å². The zero-order valence-electron chi connectivity index (χ0n) is 16.2. The normalized spacial score (nSPS) is 10.9. The summed E-state index contributed by atoms with van der Waals surface area (Å²) in [5.74, 6) is 1.60. The molecule has 0 aliphatic rings. The Hall–Kier alpha value is -2.93. The molecule has 152 valence electrons. The van der Waals surface area contributed by atoms with Crippen molar-refractivity contribution in [3.05, 3.63) is 82.0 Å². The van der Waals surface area contributed by atoms with E-state index >= 15 is 0 Å². The Bertz CT molecular complexity index is 1190. The van der Waals surface area contributed by atoms with E-state index in [9.17, 15) is 0 Å². The van der Waals surface area contributed by atoms with Gasteiger partial charge in [-0.25, -0.2) is 9.97 Å². The minimum absolute atomic E-state index is 0.259. The van der Waals surface area contributed by atoms with Gasteiger partial charge >= 0.3 is 0 Å². The molecule has 0 amide bonds. The highest BCUT2D eigenvalue weighted by Gasteiger charge is 2.12. The molecule has 2 heterocycles. The first kappa shape index (κ1) is 20.3. The van der Waals surface area contributed by atoms with Crippen LogP contribution in [0, 0.1) is 6.92 Å². The van der Waals surface area contributed by atoms with E-state index in [2.05, 4.69) is 20.3 Å². The minimum Gasteiger partial charge on any atom is -0.486 e. The van der Waals surface area contributed by atoms with Crippen LogP contribution < -0.4 is 15.8 Å². The van der Waals surface area contributed by atoms with Gasteiger partial charge in [-0.3, -0.25) is 4.98 Å². The van der Waals surface area contributed by atoms with E-state index in [0.717, 1.165) is 22.0 Å². The number of aryl methyl sites for hydroxylation is 1. The number of rotatable bonds is 6. The summed E-state index contributed by atoms with van der Waals surface area (Å²) in [5.41, 5.74) is 8.18. The topological polar surface area (TPSA) is 86.0 Å². The molecule has 0 radical (unpaired) electrons. The van der Waals surface area contributed by atoms with Crippen LogP contribution in [0.1, 0.15) is 17.1 Å². The predicted molar refractivity (Wildman–Crippen MR) is 120 cm³/mol. The van der Waals surface area contributed by atoms with E-state index in [0.29, 0.717) is 39.7 Å². The Morgan fingerprint density at radius 3 is 2.63 bits per heavy atom. The molecule has 2 aromatic carbocycles. The summed E-state index contributed by atoms with van der Waals surface area (Å²) >= 11 is 12.9. The summed E-state index contributed by atoms with van der Waals surface area (Å²) in [7, 11) is 0. The Morgan fingerprint density at radius 1 is 1.07 bits per heavy atom. The predicted octanol–water partition coefficient (Wildman–Crippen LogP) is 5.42. The summed E-state index contributed by atoms with van der Waals surface area (Å²) in [4.78, 5) is 12.8. The number of aromatic nitrogens is 3. The van der Waals surface area contributed by atoms with Crippen molar-refractivity contribution in [3.63, 3.8) is 0 Å². The fourth-order valence-corrected chi connectivity index (χ4v) is 3.76. The van der Waals surface area contributed by atoms with Crippen molar-refractivity contribution < 1.29 is 4.74 Å². The van der Waals surface area contributed by atoms with Crippen molar-refractivity contribution in [1.29, 1.82) is 0 Å². The van der Waals surface area contributed by atoms with Crippen LogP contribution in [0.3, 0.4) is 0 Å². The first-order chi connectivity index (χ1) is 14.5. The van der Waals surface area contributed by atoms with Gasteiger partial charge < -0.3 is 15.8 Å². The van der Waals surface area contributed by atoms with Crippen molar-refractivity contribution >= 4 is 45.5 Å². The van der Waals surface area contributed by atoms with Gasteiger partial charge in [0, 0.05) is 35.2 Å². The molecule has 0 saturated heterocycles. The number of anilines is 2. The number of nitrogens with two attached hydrogens (primary N) is 1. The van der Waals surface area contributed by atoms with Crippen molar-refractivity contribution in [2.75, 3.05) is 5.32 Å². The summed E-state index contributed by atoms with van der Waals surface area (Å²) in [6.45, 7) is 2.47. The summed E-state index contributed by atoms with van der Waals surface area (Å²) < 4.78 is 5.97. The number of fused-ring (bicyclic) bond motifs is 1. The molecule has 8 heteroatoms. The number of nitrogens with zero attached hydrogens (tertiary/aromatic N) is 3. The third-order valence-corrected chi connectivity index (χ3v) is 5.06. The quantitative estimate of drug-likeness (QED) is 0.416. The smallest absolute Gasteiger partial charge is 0.157 e. The van der Waals surface area contributed by atoms with Gasteiger partial charge in [-0.05, 0) is 36.1 Å². The molecule has 6 nitrogen and oxygen atoms in total. The lowest BCUT2D eigenvalue weighted by Gasteiger charge is -2.14. The third-order valence-electron chi connectivity index (χ3n) is 4.50. The number of nitrogens with one attached hydrogen (secondary N) is 1. The number of ether oxygens (including phenoxy) is 1. The van der Waals surface area contributed by atoms with Gasteiger partial charge in [0.15, 0.2) is 5.75 Å². The first-order valence-corrected chi connectivity index (χ1v) is 10.0. The van der Waals surface area contributed by atoms with Gasteiger partial charge in [0.1, 0.15) is 18.2 Å². The number of pyridine rings is 1. The lowest BCUT2D eigenvalue weighted by atomic mass is 10.1. The number of hydrogen-bond acceptors (Lipinski definition) is 6. The van der Waals surface area contributed by atoms with Gasteiger partial charge in [0.2, 0.25) is 0 Å². The molecule has 2 aromatic heterocycles. The third kappa shape index (κ3) is 4.46. The van der Waals surface area contributed by atoms with E-state index < -0.39 is 0 Å². The Balaban J connectivity index is 1.55. The molecule has 0 fully saturated rings. The van der Waals surface area contributed by atoms with E-state index in [1.165, 1.54) is 0 Å². The average molecular weight is 440 g/mol. The zero-order chi connectivity index (χ0) is 21.1. The number of benzene rings is 2. The molecule has 0 saturated carbocycles. The highest BCUT2D eigenvalue weighted by molar-refractivity contribution is 6.37. The van der Waals surface area contributed by atoms with Gasteiger partial charge in [-0.1, -0.05) is 41.4 Å². The molecule has 0 bridgehead atoms. The van der Waals surface area contributed by atoms with Crippen LogP contribution in [-0.2, 0) is 13.2 Å². The van der Waals surface area contributed by atoms with Crippen LogP contribution in [-0.4, -0.2) is 15.0 Å². The highest BCUT2D eigenvalue weighted by Crippen LogP contribution is 2.37. The molecule has 0 aliphatic carbocycles. The second kappa shape index (κ2) is 8.83. The summed E-state index contributed by atoms with van der Waals surface area (Å²) in [5, 5.41) is 6.11. The number of halogens is 2. The number of hydrogen-bond donors (Lipinski definition) is 2. The van der Waals surface area contributed by atoms with E-state index in [1.54, 1.807) is 18.3 Å². The van der Waals surface area contributed by atoms with Gasteiger partial charge in [-0.15, -0.1) is 0 Å². The zero-order valence-corrected chi connectivity index (χ0v) is 17.7. The second-order valence-corrected chi connectivity index (χ2v) is 7.53. The van der Waals surface area contributed by atoms with Crippen LogP contribution in [0.15, 0.2) is 54.9 Å². The van der Waals surface area contributed by atoms with Crippen LogP contribution in [0.4, 0.5) is 11.5 Å². The molecule has 4 aromatic rings. The van der Waals surface area contributed by atoms with Gasteiger partial charge in [0.25, 0.3) is 0 Å². The standard InChI is InChI=1S/C22H19Cl2N5O/c1-13-7-20(29-21(10-25)27-13)28-16-8-18(23)22(19(24)9-16)30-12-15-4-2-3-14-11-26-6-5-17(14)15/h2-9,11H,10,12,25H2,1H3,(H,27,28,29). The fraction of sp³-hybridized carbons (Fsp3) is 0.136. The van der Waals surface area contributed by atoms with Crippen LogP contribution in [0.2, 0.25) is 10.0 Å². The van der Waals surface area contributed by atoms with Gasteiger partial charge in [0.05, 0.1) is 16.6 Å². The molecular formula is C22H19Cl2N5O. The van der Waals surface area contributed by atoms with Crippen LogP contribution in [0.5, 0.6) is 5.75 Å². The van der Waals surface area contributed by atoms with E-state index in [4.69, 9.17) is 33.7 Å². The Labute approximate surface area is 184 Å². The molecule has 4 rings (SSSR count). The SMILES string of the molecule is Cc1cc(Nc2cc(Cl)c(OCc3cccc4cnccc34)c(Cl)c2)nc(CN)n1. The average Bonchev–Trinajstić information content (AvgIpc) is 2.72. The summed E-state index contributed by atoms with van der Waals surface area (Å²) in [6, 6.07) is 13.3. The fourth-order valence-electron chi connectivity index (χ4n) is 3.17. The Morgan fingerprint density at radius 2 is 1.87 bits per heavy atom. The lowest BCUT2D eigenvalue weighted by Crippen LogP contribution is -2.06. The maximum atomic E-state index is 6.46. The van der Waals surface area contributed by atoms with E-state index in [-0.39, 0.29) is 6.54 Å². The van der Waals surface area contributed by atoms with Crippen LogP contribution >= 0.6 is 23.2 Å². The largest absolute Gasteiger partial charge is 0.486 e. The van der Waals surface area contributed by atoms with E-state index in [1.807, 2.05) is 43.5 Å². The van der Waals surface area contributed by atoms with Crippen molar-refractivity contribution in [2.24, 2.45) is 5.73 Å². The minimum atomic E-state index is 0.259. The summed E-state index contributed by atoms with van der Waals surface area (Å²) in [6.07, 6.45) is 3.58. The van der Waals surface area contributed by atoms with Crippen molar-refractivity contribution in [3.8, 4) is 5.75 Å². The van der Waals surface area contributed by atoms with Crippen LogP contribution in [0.25, 0.3) is 10.8 Å². The lowest BCUT2D eigenvalue weighted by molar-refractivity contribution is 0.308. The Kier molecular flexibility index (Phi) is 5.99.